The topological polar surface area (TPSA) is 243 Å². The minimum atomic E-state index is -3.50. The number of piperidine rings is 2. The molecule has 9 rings (SSSR count). The molecule has 2 atom stereocenters. The lowest BCUT2D eigenvalue weighted by molar-refractivity contribution is -0.384. The van der Waals surface area contributed by atoms with E-state index >= 15 is 0 Å². The number of amides is 1. The van der Waals surface area contributed by atoms with E-state index in [4.69, 9.17) is 27.9 Å². The number of nitrogens with one attached hydrogen (secondary N) is 3. The van der Waals surface area contributed by atoms with Gasteiger partial charge < -0.3 is 24.8 Å². The molecule has 22 nitrogen and oxygen atoms in total. The van der Waals surface area contributed by atoms with Crippen molar-refractivity contribution < 1.29 is 44.9 Å². The number of rotatable bonds is 12. The molecule has 4 aliphatic rings. The van der Waals surface area contributed by atoms with Crippen molar-refractivity contribution in [3.8, 4) is 5.75 Å². The summed E-state index contributed by atoms with van der Waals surface area (Å²) in [6.45, 7) is 13.9. The lowest BCUT2D eigenvalue weighted by atomic mass is 10.0. The number of nitro groups is 1. The van der Waals surface area contributed by atoms with E-state index in [9.17, 15) is 45.3 Å². The maximum absolute atomic E-state index is 13.6. The predicted molar refractivity (Wildman–Crippen MR) is 297 cm³/mol. The van der Waals surface area contributed by atoms with Crippen molar-refractivity contribution in [2.24, 2.45) is 0 Å². The van der Waals surface area contributed by atoms with Crippen molar-refractivity contribution in [1.29, 1.82) is 0 Å². The third-order valence-corrected chi connectivity index (χ3v) is 15.5. The number of hydrogen-bond acceptors (Lipinski definition) is 16. The smallest absolute Gasteiger partial charge is 0.409 e. The quantitative estimate of drug-likeness (QED) is 0.0802. The van der Waals surface area contributed by atoms with E-state index in [2.05, 4.69) is 76.6 Å². The summed E-state index contributed by atoms with van der Waals surface area (Å²) >= 11 is 12.9. The molecule has 424 valence electrons. The summed E-state index contributed by atoms with van der Waals surface area (Å²) in [6.07, 6.45) is 4.61. The lowest BCUT2D eigenvalue weighted by Crippen LogP contribution is -2.50. The monoisotopic (exact) mass is 1160 g/mol. The number of benzene rings is 3. The van der Waals surface area contributed by atoms with Crippen molar-refractivity contribution in [2.75, 3.05) is 110 Å². The zero-order valence-corrected chi connectivity index (χ0v) is 46.8. The number of ether oxygens (including phenoxy) is 1. The highest BCUT2D eigenvalue weighted by Crippen LogP contribution is 2.35. The zero-order chi connectivity index (χ0) is 56.3. The first-order valence-corrected chi connectivity index (χ1v) is 29.9. The van der Waals surface area contributed by atoms with Crippen molar-refractivity contribution >= 4 is 84.1 Å². The van der Waals surface area contributed by atoms with Gasteiger partial charge in [-0.15, -0.1) is 10.2 Å². The summed E-state index contributed by atoms with van der Waals surface area (Å²) in [7, 11) is -6.96. The molecule has 0 bridgehead atoms. The Kier molecular flexibility index (Phi) is 20.3. The van der Waals surface area contributed by atoms with Gasteiger partial charge in [0.05, 0.1) is 38.9 Å². The number of carbonyl (C=O) groups is 2. The fraction of sp³-hybridized carbons (Fsp3) is 0.480. The fourth-order valence-corrected chi connectivity index (χ4v) is 10.8. The van der Waals surface area contributed by atoms with Crippen LogP contribution in [0, 0.1) is 10.1 Å². The molecule has 4 fully saturated rings. The normalized spacial score (nSPS) is 17.9. The van der Waals surface area contributed by atoms with Gasteiger partial charge in [0.1, 0.15) is 18.1 Å². The zero-order valence-electron chi connectivity index (χ0n) is 43.7. The first kappa shape index (κ1) is 59.5. The Morgan fingerprint density at radius 3 is 1.55 bits per heavy atom. The summed E-state index contributed by atoms with van der Waals surface area (Å²) in [4.78, 5) is 45.4. The van der Waals surface area contributed by atoms with E-state index in [0.717, 1.165) is 83.1 Å². The fourth-order valence-electron chi connectivity index (χ4n) is 9.31. The number of sulfonamides is 2. The Morgan fingerprint density at radius 1 is 0.667 bits per heavy atom. The van der Waals surface area contributed by atoms with Crippen LogP contribution in [0.2, 0.25) is 10.0 Å². The van der Waals surface area contributed by atoms with Crippen molar-refractivity contribution in [1.82, 2.24) is 39.6 Å². The average Bonchev–Trinajstić information content (AvgIpc) is 4.08. The van der Waals surface area contributed by atoms with Gasteiger partial charge in [-0.05, 0) is 87.1 Å². The molecule has 4 saturated heterocycles. The molecule has 5 aromatic rings. The number of nitrogens with zero attached hydrogens (tertiary/aromatic N) is 10. The number of aromatic nitrogens is 4. The Bertz CT molecular complexity index is 3070. The maximum atomic E-state index is 13.6. The summed E-state index contributed by atoms with van der Waals surface area (Å²) in [5, 5.41) is 23.0. The number of piperazine rings is 2. The third-order valence-electron chi connectivity index (χ3n) is 13.7. The second kappa shape index (κ2) is 26.7. The molecule has 0 aliphatic carbocycles. The second-order valence-corrected chi connectivity index (χ2v) is 23.7. The highest BCUT2D eigenvalue weighted by Gasteiger charge is 2.29. The molecule has 0 spiro atoms. The highest BCUT2D eigenvalue weighted by molar-refractivity contribution is 7.92. The Balaban J connectivity index is 0.000000176. The van der Waals surface area contributed by atoms with Gasteiger partial charge in [0.25, 0.3) is 5.69 Å². The van der Waals surface area contributed by atoms with Crippen molar-refractivity contribution in [3.63, 3.8) is 0 Å². The Hall–Kier alpha value is -6.16. The largest absolute Gasteiger partial charge is 0.440 e. The first-order valence-electron chi connectivity index (χ1n) is 25.4. The molecule has 0 saturated carbocycles. The average molecular weight is 1170 g/mol. The molecule has 4 aliphatic heterocycles. The number of alkyl halides is 2. The number of carbonyl (C=O) groups excluding carboxylic acids is 2. The molecule has 2 unspecified atom stereocenters. The number of non-ortho nitro benzene ring substituents is 1. The molecule has 3 aromatic carbocycles. The third kappa shape index (κ3) is 16.9. The van der Waals surface area contributed by atoms with E-state index in [-0.39, 0.29) is 35.1 Å². The number of hydrogen-bond donors (Lipinski definition) is 3. The summed E-state index contributed by atoms with van der Waals surface area (Å²) in [5.74, 6) is 0.157. The molecule has 28 heteroatoms. The van der Waals surface area contributed by atoms with Crippen LogP contribution < -0.4 is 29.3 Å². The molecule has 0 radical (unpaired) electrons. The summed E-state index contributed by atoms with van der Waals surface area (Å²) in [6, 6.07) is 20.2. The molecule has 2 aromatic heterocycles. The van der Waals surface area contributed by atoms with Gasteiger partial charge in [-0.1, -0.05) is 35.3 Å². The highest BCUT2D eigenvalue weighted by atomic mass is 35.5. The van der Waals surface area contributed by atoms with E-state index in [0.29, 0.717) is 76.0 Å². The van der Waals surface area contributed by atoms with Crippen molar-refractivity contribution in [3.05, 3.63) is 116 Å². The molecule has 3 N–H and O–H groups in total. The van der Waals surface area contributed by atoms with Crippen LogP contribution in [0.25, 0.3) is 0 Å². The van der Waals surface area contributed by atoms with Crippen LogP contribution in [0.1, 0.15) is 62.7 Å². The first-order chi connectivity index (χ1) is 37.0. The number of nitro benzene ring substituents is 1. The van der Waals surface area contributed by atoms with Gasteiger partial charge in [0.15, 0.2) is 11.6 Å². The molecule has 1 amide bonds. The summed E-state index contributed by atoms with van der Waals surface area (Å²) in [5.41, 5.74) is 4.30. The van der Waals surface area contributed by atoms with Crippen LogP contribution in [0.5, 0.6) is 5.75 Å². The number of halogens is 4. The van der Waals surface area contributed by atoms with Crippen LogP contribution in [0.15, 0.2) is 85.2 Å². The predicted octanol–water partition coefficient (Wildman–Crippen LogP) is 7.65. The molecular weight excluding hydrogens is 1100 g/mol. The van der Waals surface area contributed by atoms with Crippen LogP contribution in [-0.4, -0.2) is 172 Å². The van der Waals surface area contributed by atoms with Gasteiger partial charge in [-0.3, -0.25) is 29.4 Å². The SMILES string of the molecule is CC(c1ccc(Cl)c(N2CCC(F)CC2)c1)N1CCN(C(=O)n2ccc(NS(C)(=O)=O)n2)CC1.CC(c1ccc(Cl)c(N2CCC(F)CC2)c1)N1CCNCC1.CS(=O)(=O)Nc1ccn(C(=O)Oc2ccc([N+](=O)[O-])cc2)n1. The van der Waals surface area contributed by atoms with Crippen molar-refractivity contribution in [2.45, 2.75) is 64.0 Å². The Morgan fingerprint density at radius 2 is 1.10 bits per heavy atom. The van der Waals surface area contributed by atoms with Crippen LogP contribution >= 0.6 is 23.2 Å². The van der Waals surface area contributed by atoms with Gasteiger partial charge in [0, 0.05) is 127 Å². The van der Waals surface area contributed by atoms with E-state index in [1.165, 1.54) is 54.4 Å². The second-order valence-electron chi connectivity index (χ2n) is 19.3. The van der Waals surface area contributed by atoms with Crippen LogP contribution in [0.3, 0.4) is 0 Å². The van der Waals surface area contributed by atoms with Gasteiger partial charge in [-0.2, -0.15) is 9.36 Å². The Labute approximate surface area is 462 Å². The van der Waals surface area contributed by atoms with Gasteiger partial charge >= 0.3 is 12.1 Å². The maximum Gasteiger partial charge on any atom is 0.440 e. The van der Waals surface area contributed by atoms with E-state index < -0.39 is 43.4 Å². The van der Waals surface area contributed by atoms with E-state index in [1.807, 2.05) is 18.2 Å². The van der Waals surface area contributed by atoms with Crippen LogP contribution in [-0.2, 0) is 20.0 Å². The standard InChI is InChI=1S/C22H30ClFN6O3S.C17H25ClFN3.C11H10N4O6S/c1-16(17-3-4-19(23)20(15-17)28-8-5-18(24)6-9-28)27-11-13-29(14-12-27)22(31)30-10-7-21(25-30)26-34(2,32)33;1-13(21-10-6-20-7-11-21)14-2-3-16(18)17(12-14)22-8-4-15(19)5-9-22;1-22(19,20)13-10-6-7-14(12-10)11(16)21-9-4-2-8(3-5-9)15(17)18/h3-4,7,10,15-16,18H,5-6,8-9,11-14H2,1-2H3,(H,25,26);2-3,12-13,15,20H,4-11H2,1H3;2-7H,1H3,(H,12,13). The lowest BCUT2D eigenvalue weighted by Gasteiger charge is -2.38. The molecule has 78 heavy (non-hydrogen) atoms. The molecule has 6 heterocycles. The van der Waals surface area contributed by atoms with Gasteiger partial charge in [-0.25, -0.2) is 35.2 Å². The summed E-state index contributed by atoms with van der Waals surface area (Å²) < 4.78 is 82.9. The molecular formula is C50H65Cl2F2N13O9S2. The number of anilines is 4. The minimum absolute atomic E-state index is 0.0388. The van der Waals surface area contributed by atoms with E-state index in [1.54, 1.807) is 4.90 Å². The minimum Gasteiger partial charge on any atom is -0.409 e. The van der Waals surface area contributed by atoms with Crippen LogP contribution in [0.4, 0.5) is 47.1 Å². The van der Waals surface area contributed by atoms with Gasteiger partial charge in [0.2, 0.25) is 20.0 Å².